The first kappa shape index (κ1) is 17.8. The molecular formula is C21H19ClN4OS. The minimum atomic E-state index is 0.00857. The highest BCUT2D eigenvalue weighted by atomic mass is 35.5. The number of aryl methyl sites for hydroxylation is 2. The van der Waals surface area contributed by atoms with Gasteiger partial charge in [-0.1, -0.05) is 47.2 Å². The molecule has 0 radical (unpaired) electrons. The van der Waals surface area contributed by atoms with Crippen molar-refractivity contribution in [1.82, 2.24) is 20.2 Å². The molecule has 7 heteroatoms. The van der Waals surface area contributed by atoms with Crippen LogP contribution in [0.25, 0.3) is 22.1 Å². The van der Waals surface area contributed by atoms with Gasteiger partial charge in [0.15, 0.2) is 4.96 Å². The van der Waals surface area contributed by atoms with E-state index in [1.807, 2.05) is 44.2 Å². The Labute approximate surface area is 170 Å². The number of benzene rings is 2. The van der Waals surface area contributed by atoms with Gasteiger partial charge in [0.25, 0.3) is 5.56 Å². The molecule has 0 bridgehead atoms. The third-order valence-corrected chi connectivity index (χ3v) is 6.54. The lowest BCUT2D eigenvalue weighted by Gasteiger charge is -2.15. The van der Waals surface area contributed by atoms with Gasteiger partial charge in [-0.05, 0) is 48.7 Å². The summed E-state index contributed by atoms with van der Waals surface area (Å²) in [5.74, 6) is 0.159. The van der Waals surface area contributed by atoms with E-state index in [1.54, 1.807) is 4.40 Å². The summed E-state index contributed by atoms with van der Waals surface area (Å²) >= 11 is 7.47. The molecular weight excluding hydrogens is 392 g/mol. The van der Waals surface area contributed by atoms with Crippen molar-refractivity contribution in [3.8, 4) is 0 Å². The molecule has 1 saturated heterocycles. The Balaban J connectivity index is 1.62. The van der Waals surface area contributed by atoms with E-state index < -0.39 is 0 Å². The Morgan fingerprint density at radius 2 is 2.04 bits per heavy atom. The lowest BCUT2D eigenvalue weighted by atomic mass is 9.95. The topological polar surface area (TPSA) is 58.4 Å². The summed E-state index contributed by atoms with van der Waals surface area (Å²) in [4.78, 5) is 18.6. The first-order valence-corrected chi connectivity index (χ1v) is 10.4. The quantitative estimate of drug-likeness (QED) is 0.533. The normalized spacial score (nSPS) is 20.6. The van der Waals surface area contributed by atoms with E-state index in [2.05, 4.69) is 23.0 Å². The first-order valence-electron chi connectivity index (χ1n) is 9.19. The van der Waals surface area contributed by atoms with Gasteiger partial charge in [-0.3, -0.25) is 10.2 Å². The number of hydrogen-bond acceptors (Lipinski definition) is 5. The Hall–Kier alpha value is -2.25. The van der Waals surface area contributed by atoms with Crippen LogP contribution in [0.4, 0.5) is 0 Å². The standard InChI is InChI=1S/C21H19ClN4OS/c1-11-7-12(2)18-16(8-11)26-20(27)17(28-21(26)24-18)9-14-10-23-25-19(14)13-3-5-15(22)6-4-13/h3-9,14,19,23,25H,10H2,1-2H3/b17-9-. The van der Waals surface area contributed by atoms with E-state index in [0.717, 1.165) is 43.8 Å². The molecule has 3 heterocycles. The number of hydrazine groups is 1. The fourth-order valence-electron chi connectivity index (χ4n) is 3.99. The molecule has 0 aliphatic carbocycles. The number of rotatable bonds is 2. The summed E-state index contributed by atoms with van der Waals surface area (Å²) < 4.78 is 2.48. The average Bonchev–Trinajstić information content (AvgIpc) is 3.33. The fourth-order valence-corrected chi connectivity index (χ4v) is 5.14. The van der Waals surface area contributed by atoms with Crippen LogP contribution in [-0.2, 0) is 0 Å². The highest BCUT2D eigenvalue weighted by Crippen LogP contribution is 2.27. The van der Waals surface area contributed by atoms with Crippen molar-refractivity contribution in [1.29, 1.82) is 0 Å². The molecule has 0 amide bonds. The van der Waals surface area contributed by atoms with Crippen LogP contribution >= 0.6 is 22.9 Å². The monoisotopic (exact) mass is 410 g/mol. The highest BCUT2D eigenvalue weighted by Gasteiger charge is 2.27. The van der Waals surface area contributed by atoms with Crippen molar-refractivity contribution in [3.05, 3.63) is 73.0 Å². The van der Waals surface area contributed by atoms with Crippen LogP contribution in [-0.4, -0.2) is 15.9 Å². The maximum absolute atomic E-state index is 13.1. The van der Waals surface area contributed by atoms with E-state index in [4.69, 9.17) is 16.6 Å². The SMILES string of the molecule is Cc1cc(C)c2nc3s/c(=C\C4CNNC4c4ccc(Cl)cc4)c(=O)n3c2c1. The fraction of sp³-hybridized carbons (Fsp3) is 0.238. The van der Waals surface area contributed by atoms with Gasteiger partial charge in [0.05, 0.1) is 21.6 Å². The van der Waals surface area contributed by atoms with Crippen LogP contribution in [0.5, 0.6) is 0 Å². The van der Waals surface area contributed by atoms with Crippen LogP contribution in [0.2, 0.25) is 5.02 Å². The molecule has 2 aromatic heterocycles. The second kappa shape index (κ2) is 6.67. The predicted molar refractivity (Wildman–Crippen MR) is 115 cm³/mol. The molecule has 0 saturated carbocycles. The zero-order chi connectivity index (χ0) is 19.4. The average molecular weight is 411 g/mol. The van der Waals surface area contributed by atoms with Crippen LogP contribution < -0.4 is 20.9 Å². The van der Waals surface area contributed by atoms with Crippen molar-refractivity contribution in [2.24, 2.45) is 5.92 Å². The first-order chi connectivity index (χ1) is 13.5. The molecule has 5 nitrogen and oxygen atoms in total. The van der Waals surface area contributed by atoms with Gasteiger partial charge < -0.3 is 0 Å². The molecule has 2 atom stereocenters. The summed E-state index contributed by atoms with van der Waals surface area (Å²) in [6.07, 6.45) is 2.07. The number of aromatic nitrogens is 2. The smallest absolute Gasteiger partial charge is 0.267 e. The van der Waals surface area contributed by atoms with Crippen LogP contribution in [0, 0.1) is 19.8 Å². The van der Waals surface area contributed by atoms with Gasteiger partial charge in [0.1, 0.15) is 0 Å². The number of imidazole rings is 1. The minimum absolute atomic E-state index is 0.00857. The van der Waals surface area contributed by atoms with Gasteiger partial charge in [-0.2, -0.15) is 0 Å². The lowest BCUT2D eigenvalue weighted by molar-refractivity contribution is 0.551. The molecule has 1 fully saturated rings. The van der Waals surface area contributed by atoms with E-state index in [0.29, 0.717) is 5.02 Å². The predicted octanol–water partition coefficient (Wildman–Crippen LogP) is 3.14. The van der Waals surface area contributed by atoms with Gasteiger partial charge in [-0.15, -0.1) is 0 Å². The number of nitrogens with one attached hydrogen (secondary N) is 2. The number of halogens is 1. The van der Waals surface area contributed by atoms with E-state index in [1.165, 1.54) is 11.3 Å². The van der Waals surface area contributed by atoms with Crippen molar-refractivity contribution < 1.29 is 0 Å². The van der Waals surface area contributed by atoms with E-state index >= 15 is 0 Å². The second-order valence-electron chi connectivity index (χ2n) is 7.34. The third kappa shape index (κ3) is 2.84. The molecule has 2 N–H and O–H groups in total. The second-order valence-corrected chi connectivity index (χ2v) is 8.78. The number of thiazole rings is 1. The van der Waals surface area contributed by atoms with Crippen molar-refractivity contribution in [2.75, 3.05) is 6.54 Å². The summed E-state index contributed by atoms with van der Waals surface area (Å²) in [6.45, 7) is 4.84. The summed E-state index contributed by atoms with van der Waals surface area (Å²) in [6, 6.07) is 12.1. The van der Waals surface area contributed by atoms with Crippen LogP contribution in [0.1, 0.15) is 22.7 Å². The number of fused-ring (bicyclic) bond motifs is 3. The zero-order valence-electron chi connectivity index (χ0n) is 15.5. The minimum Gasteiger partial charge on any atom is -0.267 e. The molecule has 28 heavy (non-hydrogen) atoms. The Morgan fingerprint density at radius 3 is 2.82 bits per heavy atom. The molecule has 4 aromatic rings. The van der Waals surface area contributed by atoms with E-state index in [-0.39, 0.29) is 17.5 Å². The maximum atomic E-state index is 13.1. The van der Waals surface area contributed by atoms with Gasteiger partial charge in [0.2, 0.25) is 0 Å². The van der Waals surface area contributed by atoms with E-state index in [9.17, 15) is 4.79 Å². The Bertz CT molecular complexity index is 1310. The lowest BCUT2D eigenvalue weighted by Crippen LogP contribution is -2.26. The van der Waals surface area contributed by atoms with Gasteiger partial charge >= 0.3 is 0 Å². The molecule has 5 rings (SSSR count). The Morgan fingerprint density at radius 1 is 1.25 bits per heavy atom. The largest absolute Gasteiger partial charge is 0.274 e. The molecule has 1 aliphatic heterocycles. The van der Waals surface area contributed by atoms with Crippen LogP contribution in [0.15, 0.2) is 41.2 Å². The molecule has 2 unspecified atom stereocenters. The summed E-state index contributed by atoms with van der Waals surface area (Å²) in [7, 11) is 0. The van der Waals surface area contributed by atoms with Gasteiger partial charge in [0, 0.05) is 17.5 Å². The van der Waals surface area contributed by atoms with Crippen LogP contribution in [0.3, 0.4) is 0 Å². The van der Waals surface area contributed by atoms with Crippen molar-refractivity contribution >= 4 is 45.0 Å². The summed E-state index contributed by atoms with van der Waals surface area (Å²) in [5, 5.41) is 0.717. The number of nitrogens with zero attached hydrogens (tertiary/aromatic N) is 2. The molecule has 142 valence electrons. The maximum Gasteiger partial charge on any atom is 0.274 e. The third-order valence-electron chi connectivity index (χ3n) is 5.30. The molecule has 1 aliphatic rings. The molecule has 2 aromatic carbocycles. The highest BCUT2D eigenvalue weighted by molar-refractivity contribution is 7.15. The summed E-state index contributed by atoms with van der Waals surface area (Å²) in [5.41, 5.74) is 11.7. The van der Waals surface area contributed by atoms with Gasteiger partial charge in [-0.25, -0.2) is 14.8 Å². The number of hydrogen-bond donors (Lipinski definition) is 2. The molecule has 0 spiro atoms. The van der Waals surface area contributed by atoms with Crippen molar-refractivity contribution in [2.45, 2.75) is 19.9 Å². The Kier molecular flexibility index (Phi) is 4.25. The zero-order valence-corrected chi connectivity index (χ0v) is 17.1. The van der Waals surface area contributed by atoms with Crippen molar-refractivity contribution in [3.63, 3.8) is 0 Å².